The maximum absolute atomic E-state index is 12.7. The predicted molar refractivity (Wildman–Crippen MR) is 96.4 cm³/mol. The number of amides is 1. The minimum Gasteiger partial charge on any atom is -0.356 e. The van der Waals surface area contributed by atoms with Crippen LogP contribution in [0.15, 0.2) is 53.4 Å². The number of anilines is 2. The molecule has 6 nitrogen and oxygen atoms in total. The van der Waals surface area contributed by atoms with Crippen LogP contribution < -0.4 is 14.9 Å². The quantitative estimate of drug-likeness (QED) is 0.814. The van der Waals surface area contributed by atoms with E-state index in [1.807, 2.05) is 17.0 Å². The minimum atomic E-state index is -4.54. The number of carbonyl (C=O) groups is 1. The van der Waals surface area contributed by atoms with E-state index in [0.29, 0.717) is 5.69 Å². The highest BCUT2D eigenvalue weighted by molar-refractivity contribution is 7.89. The number of halogens is 3. The molecule has 1 fully saturated rings. The van der Waals surface area contributed by atoms with Crippen LogP contribution in [0.4, 0.5) is 24.5 Å². The van der Waals surface area contributed by atoms with Crippen molar-refractivity contribution in [2.75, 3.05) is 16.8 Å². The standard InChI is InChI=1S/C18H16F3N3O3S/c19-18(20,21)11-5-7-13(8-6-11)28(26,27)23-12-9-16-17(25)22-14-3-1-2-4-15(14)24(16)10-12/h1-8,12,16,23H,9-10H2,(H,22,25). The van der Waals surface area contributed by atoms with Gasteiger partial charge in [-0.15, -0.1) is 0 Å². The van der Waals surface area contributed by atoms with Crippen molar-refractivity contribution in [2.45, 2.75) is 29.6 Å². The molecule has 10 heteroatoms. The highest BCUT2D eigenvalue weighted by Gasteiger charge is 2.42. The third kappa shape index (κ3) is 3.33. The van der Waals surface area contributed by atoms with Crippen LogP contribution in [0.3, 0.4) is 0 Å². The molecule has 2 N–H and O–H groups in total. The van der Waals surface area contributed by atoms with E-state index >= 15 is 0 Å². The average Bonchev–Trinajstić information content (AvgIpc) is 3.05. The number of sulfonamides is 1. The van der Waals surface area contributed by atoms with Gasteiger partial charge in [0.2, 0.25) is 15.9 Å². The molecule has 2 aliphatic heterocycles. The van der Waals surface area contributed by atoms with Crippen molar-refractivity contribution >= 4 is 27.3 Å². The van der Waals surface area contributed by atoms with Gasteiger partial charge in [-0.1, -0.05) is 12.1 Å². The summed E-state index contributed by atoms with van der Waals surface area (Å²) in [5.41, 5.74) is 0.552. The molecular formula is C18H16F3N3O3S. The Morgan fingerprint density at radius 2 is 1.75 bits per heavy atom. The smallest absolute Gasteiger partial charge is 0.356 e. The third-order valence-electron chi connectivity index (χ3n) is 4.89. The summed E-state index contributed by atoms with van der Waals surface area (Å²) < 4.78 is 65.6. The summed E-state index contributed by atoms with van der Waals surface area (Å²) in [4.78, 5) is 13.9. The first-order valence-corrected chi connectivity index (χ1v) is 9.99. The van der Waals surface area contributed by atoms with E-state index in [4.69, 9.17) is 0 Å². The van der Waals surface area contributed by atoms with E-state index in [2.05, 4.69) is 10.0 Å². The first-order chi connectivity index (χ1) is 13.1. The lowest BCUT2D eigenvalue weighted by Gasteiger charge is -2.32. The van der Waals surface area contributed by atoms with Gasteiger partial charge in [0.15, 0.2) is 0 Å². The van der Waals surface area contributed by atoms with E-state index in [1.165, 1.54) is 0 Å². The lowest BCUT2D eigenvalue weighted by molar-refractivity contribution is -0.137. The number of fused-ring (bicyclic) bond motifs is 3. The van der Waals surface area contributed by atoms with E-state index in [0.717, 1.165) is 30.0 Å². The van der Waals surface area contributed by atoms with Crippen molar-refractivity contribution in [3.63, 3.8) is 0 Å². The Balaban J connectivity index is 1.53. The Kier molecular flexibility index (Phi) is 4.35. The Morgan fingerprint density at radius 3 is 2.43 bits per heavy atom. The fraction of sp³-hybridized carbons (Fsp3) is 0.278. The first-order valence-electron chi connectivity index (χ1n) is 8.51. The number of hydrogen-bond donors (Lipinski definition) is 2. The largest absolute Gasteiger partial charge is 0.416 e. The summed E-state index contributed by atoms with van der Waals surface area (Å²) in [6.07, 6.45) is -4.27. The van der Waals surface area contributed by atoms with Crippen LogP contribution in [0, 0.1) is 0 Å². The third-order valence-corrected chi connectivity index (χ3v) is 6.43. The maximum Gasteiger partial charge on any atom is 0.416 e. The summed E-state index contributed by atoms with van der Waals surface area (Å²) >= 11 is 0. The molecule has 0 aromatic heterocycles. The Labute approximate surface area is 159 Å². The fourth-order valence-electron chi connectivity index (χ4n) is 3.59. The molecule has 2 atom stereocenters. The van der Waals surface area contributed by atoms with Crippen molar-refractivity contribution < 1.29 is 26.4 Å². The van der Waals surface area contributed by atoms with Crippen LogP contribution in [-0.2, 0) is 21.0 Å². The summed E-state index contributed by atoms with van der Waals surface area (Å²) in [5.74, 6) is -0.213. The molecule has 0 bridgehead atoms. The van der Waals surface area contributed by atoms with Gasteiger partial charge in [-0.25, -0.2) is 13.1 Å². The maximum atomic E-state index is 12.7. The van der Waals surface area contributed by atoms with Gasteiger partial charge in [0.05, 0.1) is 21.8 Å². The average molecular weight is 411 g/mol. The normalized spacial score (nSPS) is 21.8. The SMILES string of the molecule is O=C1Nc2ccccc2N2CC(NS(=O)(=O)c3ccc(C(F)(F)F)cc3)CC12. The second-order valence-electron chi connectivity index (χ2n) is 6.75. The number of hydrogen-bond acceptors (Lipinski definition) is 4. The number of nitrogens with one attached hydrogen (secondary N) is 2. The molecule has 0 radical (unpaired) electrons. The van der Waals surface area contributed by atoms with Gasteiger partial charge in [-0.2, -0.15) is 13.2 Å². The van der Waals surface area contributed by atoms with E-state index in [1.54, 1.807) is 12.1 Å². The molecule has 4 rings (SSSR count). The highest BCUT2D eigenvalue weighted by Crippen LogP contribution is 2.36. The van der Waals surface area contributed by atoms with Crippen molar-refractivity contribution in [3.05, 3.63) is 54.1 Å². The number of alkyl halides is 3. The zero-order chi connectivity index (χ0) is 20.1. The van der Waals surface area contributed by atoms with Crippen LogP contribution in [-0.4, -0.2) is 33.0 Å². The van der Waals surface area contributed by atoms with Crippen LogP contribution >= 0.6 is 0 Å². The summed E-state index contributed by atoms with van der Waals surface area (Å²) in [6.45, 7) is 0.287. The number of nitrogens with zero attached hydrogens (tertiary/aromatic N) is 1. The van der Waals surface area contributed by atoms with Crippen LogP contribution in [0.1, 0.15) is 12.0 Å². The number of carbonyl (C=O) groups excluding carboxylic acids is 1. The zero-order valence-electron chi connectivity index (χ0n) is 14.4. The van der Waals surface area contributed by atoms with E-state index < -0.39 is 33.8 Å². The molecule has 0 aliphatic carbocycles. The number of rotatable bonds is 3. The molecule has 28 heavy (non-hydrogen) atoms. The Bertz CT molecular complexity index is 1020. The van der Waals surface area contributed by atoms with Crippen LogP contribution in [0.5, 0.6) is 0 Å². The molecule has 2 aromatic carbocycles. The van der Waals surface area contributed by atoms with Crippen molar-refractivity contribution in [1.29, 1.82) is 0 Å². The monoisotopic (exact) mass is 411 g/mol. The molecule has 1 saturated heterocycles. The molecule has 0 saturated carbocycles. The van der Waals surface area contributed by atoms with Crippen LogP contribution in [0.25, 0.3) is 0 Å². The molecule has 2 aliphatic rings. The summed E-state index contributed by atoms with van der Waals surface area (Å²) in [6, 6.07) is 9.49. The van der Waals surface area contributed by atoms with Gasteiger partial charge >= 0.3 is 6.18 Å². The fourth-order valence-corrected chi connectivity index (χ4v) is 4.83. The van der Waals surface area contributed by atoms with Gasteiger partial charge in [0.1, 0.15) is 6.04 Å². The number of para-hydroxylation sites is 2. The van der Waals surface area contributed by atoms with Crippen molar-refractivity contribution in [2.24, 2.45) is 0 Å². The molecular weight excluding hydrogens is 395 g/mol. The van der Waals surface area contributed by atoms with Crippen LogP contribution in [0.2, 0.25) is 0 Å². The minimum absolute atomic E-state index is 0.213. The highest BCUT2D eigenvalue weighted by atomic mass is 32.2. The van der Waals surface area contributed by atoms with Gasteiger partial charge in [0.25, 0.3) is 0 Å². The van der Waals surface area contributed by atoms with E-state index in [9.17, 15) is 26.4 Å². The summed E-state index contributed by atoms with van der Waals surface area (Å²) in [7, 11) is -4.02. The molecule has 2 aromatic rings. The first kappa shape index (κ1) is 18.8. The molecule has 2 heterocycles. The Hall–Kier alpha value is -2.59. The van der Waals surface area contributed by atoms with Crippen molar-refractivity contribution in [1.82, 2.24) is 4.72 Å². The second-order valence-corrected chi connectivity index (χ2v) is 8.46. The topological polar surface area (TPSA) is 78.5 Å². The predicted octanol–water partition coefficient (Wildman–Crippen LogP) is 2.58. The lowest BCUT2D eigenvalue weighted by Crippen LogP contribution is -2.44. The molecule has 0 spiro atoms. The van der Waals surface area contributed by atoms with Gasteiger partial charge in [-0.05, 0) is 42.8 Å². The van der Waals surface area contributed by atoms with E-state index in [-0.39, 0.29) is 23.8 Å². The van der Waals surface area contributed by atoms with Gasteiger partial charge in [-0.3, -0.25) is 4.79 Å². The lowest BCUT2D eigenvalue weighted by atomic mass is 10.1. The zero-order valence-corrected chi connectivity index (χ0v) is 15.2. The Morgan fingerprint density at radius 1 is 1.07 bits per heavy atom. The molecule has 148 valence electrons. The molecule has 1 amide bonds. The van der Waals surface area contributed by atoms with Gasteiger partial charge < -0.3 is 10.2 Å². The van der Waals surface area contributed by atoms with Gasteiger partial charge in [0, 0.05) is 12.6 Å². The summed E-state index contributed by atoms with van der Waals surface area (Å²) in [5, 5.41) is 2.80. The molecule has 2 unspecified atom stereocenters. The number of benzene rings is 2. The second kappa shape index (κ2) is 6.49. The van der Waals surface area contributed by atoms with Crippen molar-refractivity contribution in [3.8, 4) is 0 Å².